The van der Waals surface area contributed by atoms with Gasteiger partial charge in [-0.25, -0.2) is 0 Å². The minimum atomic E-state index is -0.0282. The van der Waals surface area contributed by atoms with Gasteiger partial charge in [0.05, 0.1) is 18.9 Å². The van der Waals surface area contributed by atoms with Crippen LogP contribution in [0.4, 0.5) is 0 Å². The molecule has 1 unspecified atom stereocenters. The van der Waals surface area contributed by atoms with Crippen molar-refractivity contribution in [1.29, 1.82) is 0 Å². The summed E-state index contributed by atoms with van der Waals surface area (Å²) in [5, 5.41) is 0. The molecule has 3 rings (SSSR count). The molecule has 100 valence electrons. The Hall–Kier alpha value is -1.74. The zero-order chi connectivity index (χ0) is 13.2. The molecule has 19 heavy (non-hydrogen) atoms. The predicted molar refractivity (Wildman–Crippen MR) is 74.3 cm³/mol. The van der Waals surface area contributed by atoms with Gasteiger partial charge in [0.25, 0.3) is 0 Å². The molecule has 0 saturated heterocycles. The number of rotatable bonds is 4. The number of benzene rings is 1. The number of hydrogen-bond acceptors (Lipinski definition) is 3. The highest BCUT2D eigenvalue weighted by Gasteiger charge is 2.15. The Labute approximate surface area is 113 Å². The molecule has 2 aromatic rings. The normalized spacial score (nSPS) is 15.1. The van der Waals surface area contributed by atoms with E-state index in [1.165, 1.54) is 11.1 Å². The first-order valence-electron chi connectivity index (χ1n) is 6.78. The van der Waals surface area contributed by atoms with E-state index in [0.29, 0.717) is 0 Å². The summed E-state index contributed by atoms with van der Waals surface area (Å²) in [6.45, 7) is 2.84. The predicted octanol–water partition coefficient (Wildman–Crippen LogP) is 3.16. The number of ether oxygens (including phenoxy) is 1. The molecule has 0 amide bonds. The fourth-order valence-corrected chi connectivity index (χ4v) is 2.61. The largest absolute Gasteiger partial charge is 0.493 e. The minimum Gasteiger partial charge on any atom is -0.493 e. The smallest absolute Gasteiger partial charge is 0.123 e. The Bertz CT molecular complexity index is 574. The van der Waals surface area contributed by atoms with Crippen LogP contribution in [0.5, 0.6) is 5.75 Å². The molecule has 1 aliphatic heterocycles. The minimum absolute atomic E-state index is 0.0282. The molecule has 1 atom stereocenters. The van der Waals surface area contributed by atoms with E-state index in [1.807, 2.05) is 13.0 Å². The summed E-state index contributed by atoms with van der Waals surface area (Å²) < 4.78 is 11.0. The maximum Gasteiger partial charge on any atom is 0.123 e. The molecular weight excluding hydrogens is 238 g/mol. The van der Waals surface area contributed by atoms with E-state index in [4.69, 9.17) is 14.9 Å². The summed E-state index contributed by atoms with van der Waals surface area (Å²) in [6.07, 6.45) is 4.59. The lowest BCUT2D eigenvalue weighted by molar-refractivity contribution is 0.357. The first-order valence-corrected chi connectivity index (χ1v) is 6.78. The fraction of sp³-hybridized carbons (Fsp3) is 0.375. The van der Waals surface area contributed by atoms with Crippen LogP contribution < -0.4 is 10.5 Å². The van der Waals surface area contributed by atoms with Crippen LogP contribution in [0.25, 0.3) is 0 Å². The topological polar surface area (TPSA) is 48.4 Å². The second-order valence-electron chi connectivity index (χ2n) is 5.15. The third kappa shape index (κ3) is 2.51. The molecule has 1 aromatic carbocycles. The molecule has 0 aliphatic carbocycles. The number of furan rings is 1. The van der Waals surface area contributed by atoms with Crippen LogP contribution in [0.1, 0.15) is 34.9 Å². The van der Waals surface area contributed by atoms with Gasteiger partial charge in [-0.15, -0.1) is 0 Å². The van der Waals surface area contributed by atoms with Crippen LogP contribution >= 0.6 is 0 Å². The monoisotopic (exact) mass is 257 g/mol. The Morgan fingerprint density at radius 1 is 1.32 bits per heavy atom. The lowest BCUT2D eigenvalue weighted by Crippen LogP contribution is -2.11. The van der Waals surface area contributed by atoms with Crippen LogP contribution in [0.15, 0.2) is 34.9 Å². The van der Waals surface area contributed by atoms with E-state index in [1.54, 1.807) is 6.26 Å². The van der Waals surface area contributed by atoms with Crippen molar-refractivity contribution in [3.8, 4) is 5.75 Å². The van der Waals surface area contributed by atoms with Crippen molar-refractivity contribution in [3.05, 3.63) is 53.0 Å². The molecule has 0 radical (unpaired) electrons. The number of aryl methyl sites for hydroxylation is 2. The molecule has 0 bridgehead atoms. The fourth-order valence-electron chi connectivity index (χ4n) is 2.61. The van der Waals surface area contributed by atoms with E-state index >= 15 is 0 Å². The van der Waals surface area contributed by atoms with E-state index in [9.17, 15) is 0 Å². The number of fused-ring (bicyclic) bond motifs is 1. The maximum atomic E-state index is 6.18. The number of hydrogen-bond donors (Lipinski definition) is 1. The van der Waals surface area contributed by atoms with Crippen LogP contribution in [-0.4, -0.2) is 6.61 Å². The standard InChI is InChI=1S/C16H19NO2/c1-11-6-8-19-16(11)14(17)4-2-12-3-5-15-13(10-12)7-9-18-15/h3,5-6,8,10,14H,2,4,7,9,17H2,1H3. The zero-order valence-corrected chi connectivity index (χ0v) is 11.2. The van der Waals surface area contributed by atoms with Gasteiger partial charge in [0.15, 0.2) is 0 Å². The van der Waals surface area contributed by atoms with Gasteiger partial charge in [0.2, 0.25) is 0 Å². The van der Waals surface area contributed by atoms with Crippen LogP contribution in [0.3, 0.4) is 0 Å². The quantitative estimate of drug-likeness (QED) is 0.915. The zero-order valence-electron chi connectivity index (χ0n) is 11.2. The third-order valence-electron chi connectivity index (χ3n) is 3.74. The molecule has 2 heterocycles. The Morgan fingerprint density at radius 3 is 3.00 bits per heavy atom. The van der Waals surface area contributed by atoms with Gasteiger partial charge >= 0.3 is 0 Å². The van der Waals surface area contributed by atoms with Crippen LogP contribution in [-0.2, 0) is 12.8 Å². The molecule has 0 saturated carbocycles. The van der Waals surface area contributed by atoms with Gasteiger partial charge in [0, 0.05) is 6.42 Å². The van der Waals surface area contributed by atoms with Gasteiger partial charge in [-0.05, 0) is 48.6 Å². The summed E-state index contributed by atoms with van der Waals surface area (Å²) in [5.41, 5.74) is 9.96. The second-order valence-corrected chi connectivity index (χ2v) is 5.15. The first kappa shape index (κ1) is 12.3. The Morgan fingerprint density at radius 2 is 2.21 bits per heavy atom. The first-order chi connectivity index (χ1) is 9.24. The van der Waals surface area contributed by atoms with Crippen LogP contribution in [0, 0.1) is 6.92 Å². The highest BCUT2D eigenvalue weighted by Crippen LogP contribution is 2.27. The maximum absolute atomic E-state index is 6.18. The van der Waals surface area contributed by atoms with E-state index in [0.717, 1.165) is 42.9 Å². The van der Waals surface area contributed by atoms with Crippen LogP contribution in [0.2, 0.25) is 0 Å². The van der Waals surface area contributed by atoms with Gasteiger partial charge < -0.3 is 14.9 Å². The average Bonchev–Trinajstić information content (AvgIpc) is 3.03. The molecule has 3 nitrogen and oxygen atoms in total. The molecule has 1 aromatic heterocycles. The molecular formula is C16H19NO2. The molecule has 0 fully saturated rings. The highest BCUT2D eigenvalue weighted by molar-refractivity contribution is 5.39. The summed E-state index contributed by atoms with van der Waals surface area (Å²) >= 11 is 0. The van der Waals surface area contributed by atoms with E-state index in [-0.39, 0.29) is 6.04 Å². The van der Waals surface area contributed by atoms with Crippen molar-refractivity contribution in [2.45, 2.75) is 32.2 Å². The third-order valence-corrected chi connectivity index (χ3v) is 3.74. The SMILES string of the molecule is Cc1ccoc1C(N)CCc1ccc2c(c1)CCO2. The summed E-state index contributed by atoms with van der Waals surface area (Å²) in [5.74, 6) is 1.94. The van der Waals surface area contributed by atoms with Crippen molar-refractivity contribution < 1.29 is 9.15 Å². The summed E-state index contributed by atoms with van der Waals surface area (Å²) in [7, 11) is 0. The Balaban J connectivity index is 1.65. The van der Waals surface area contributed by atoms with Gasteiger partial charge in [-0.2, -0.15) is 0 Å². The highest BCUT2D eigenvalue weighted by atomic mass is 16.5. The van der Waals surface area contributed by atoms with Crippen molar-refractivity contribution in [3.63, 3.8) is 0 Å². The molecule has 2 N–H and O–H groups in total. The van der Waals surface area contributed by atoms with Crippen molar-refractivity contribution >= 4 is 0 Å². The molecule has 0 spiro atoms. The average molecular weight is 257 g/mol. The van der Waals surface area contributed by atoms with Crippen molar-refractivity contribution in [2.75, 3.05) is 6.61 Å². The Kier molecular flexibility index (Phi) is 3.30. The van der Waals surface area contributed by atoms with Gasteiger partial charge in [0.1, 0.15) is 11.5 Å². The van der Waals surface area contributed by atoms with Crippen molar-refractivity contribution in [2.24, 2.45) is 5.73 Å². The van der Waals surface area contributed by atoms with Gasteiger partial charge in [-0.1, -0.05) is 12.1 Å². The number of nitrogens with two attached hydrogens (primary N) is 1. The second kappa shape index (κ2) is 5.10. The van der Waals surface area contributed by atoms with Gasteiger partial charge in [-0.3, -0.25) is 0 Å². The van der Waals surface area contributed by atoms with Crippen molar-refractivity contribution in [1.82, 2.24) is 0 Å². The lowest BCUT2D eigenvalue weighted by Gasteiger charge is -2.10. The van der Waals surface area contributed by atoms with E-state index < -0.39 is 0 Å². The molecule has 1 aliphatic rings. The molecule has 3 heteroatoms. The van der Waals surface area contributed by atoms with E-state index in [2.05, 4.69) is 18.2 Å². The lowest BCUT2D eigenvalue weighted by atomic mass is 10.0. The summed E-state index contributed by atoms with van der Waals surface area (Å²) in [6, 6.07) is 8.37. The summed E-state index contributed by atoms with van der Waals surface area (Å²) in [4.78, 5) is 0.